The summed E-state index contributed by atoms with van der Waals surface area (Å²) in [6.45, 7) is 4.81. The van der Waals surface area contributed by atoms with Crippen molar-refractivity contribution in [2.75, 3.05) is 13.1 Å². The molecule has 9 heteroatoms. The minimum atomic E-state index is -0.970. The molecule has 1 aromatic rings. The number of aliphatic imine (C=N–C) groups is 1. The highest BCUT2D eigenvalue weighted by Crippen LogP contribution is 2.14. The molecule has 0 saturated heterocycles. The van der Waals surface area contributed by atoms with Gasteiger partial charge >= 0.3 is 11.9 Å². The smallest absolute Gasteiger partial charge is 0.335 e. The standard InChI is InChI=1S/C20H40N4O3.C7H6O2/c1-3-5-6-7-8-9-10-11-12-15-18(25)24(4-2)17(19(26)27)14-13-16-23-20(21)22;8-7(9)6-4-2-1-3-5-6/h17H,3-16H2,1-2H3,(H,26,27)(H4,21,22,23);1-5H,(H,8,9)/t17-;/m0./s1. The predicted molar refractivity (Wildman–Crippen MR) is 144 cm³/mol. The summed E-state index contributed by atoms with van der Waals surface area (Å²) in [6.07, 6.45) is 12.0. The number of carbonyl (C=O) groups excluding carboxylic acids is 1. The Morgan fingerprint density at radius 2 is 1.42 bits per heavy atom. The Balaban J connectivity index is 0.00000113. The molecule has 1 aromatic carbocycles. The first-order valence-electron chi connectivity index (χ1n) is 13.1. The van der Waals surface area contributed by atoms with Crippen molar-refractivity contribution in [3.63, 3.8) is 0 Å². The Bertz CT molecular complexity index is 767. The van der Waals surface area contributed by atoms with Crippen molar-refractivity contribution in [3.05, 3.63) is 35.9 Å². The number of aliphatic carboxylic acids is 1. The molecule has 1 atom stereocenters. The number of likely N-dealkylation sites (N-methyl/N-ethyl adjacent to an activating group) is 1. The minimum Gasteiger partial charge on any atom is -0.480 e. The zero-order valence-electron chi connectivity index (χ0n) is 22.0. The summed E-state index contributed by atoms with van der Waals surface area (Å²) < 4.78 is 0. The third-order valence-corrected chi connectivity index (χ3v) is 5.77. The predicted octanol–water partition coefficient (Wildman–Crippen LogP) is 4.65. The monoisotopic (exact) mass is 506 g/mol. The van der Waals surface area contributed by atoms with Crippen LogP contribution in [0.3, 0.4) is 0 Å². The molecule has 6 N–H and O–H groups in total. The van der Waals surface area contributed by atoms with Crippen LogP contribution in [-0.2, 0) is 9.59 Å². The van der Waals surface area contributed by atoms with Crippen molar-refractivity contribution in [1.82, 2.24) is 4.90 Å². The molecular weight excluding hydrogens is 460 g/mol. The molecule has 0 fully saturated rings. The Morgan fingerprint density at radius 3 is 1.86 bits per heavy atom. The Labute approximate surface area is 216 Å². The van der Waals surface area contributed by atoms with Crippen LogP contribution in [0.5, 0.6) is 0 Å². The first kappa shape index (κ1) is 32.9. The number of hydrogen-bond acceptors (Lipinski definition) is 4. The molecule has 0 aliphatic rings. The summed E-state index contributed by atoms with van der Waals surface area (Å²) >= 11 is 0. The van der Waals surface area contributed by atoms with Gasteiger partial charge in [0.15, 0.2) is 5.96 Å². The van der Waals surface area contributed by atoms with E-state index in [0.29, 0.717) is 37.9 Å². The second-order valence-corrected chi connectivity index (χ2v) is 8.73. The Kier molecular flexibility index (Phi) is 19.4. The maximum atomic E-state index is 12.5. The quantitative estimate of drug-likeness (QED) is 0.128. The van der Waals surface area contributed by atoms with Gasteiger partial charge in [0.1, 0.15) is 6.04 Å². The van der Waals surface area contributed by atoms with Crippen LogP contribution in [0.15, 0.2) is 35.3 Å². The van der Waals surface area contributed by atoms with Crippen molar-refractivity contribution >= 4 is 23.8 Å². The maximum absolute atomic E-state index is 12.5. The molecule has 0 bridgehead atoms. The SMILES string of the molecule is CCCCCCCCCCCC(=O)N(CC)[C@@H](CCCN=C(N)N)C(=O)O.O=C(O)c1ccccc1. The van der Waals surface area contributed by atoms with Gasteiger partial charge in [-0.05, 0) is 38.3 Å². The lowest BCUT2D eigenvalue weighted by Crippen LogP contribution is -2.45. The second-order valence-electron chi connectivity index (χ2n) is 8.73. The summed E-state index contributed by atoms with van der Waals surface area (Å²) in [5, 5.41) is 17.9. The molecule has 0 aliphatic heterocycles. The lowest BCUT2D eigenvalue weighted by molar-refractivity contribution is -0.150. The fourth-order valence-electron chi connectivity index (χ4n) is 3.79. The number of aromatic carboxylic acids is 1. The van der Waals surface area contributed by atoms with E-state index in [0.717, 1.165) is 19.3 Å². The van der Waals surface area contributed by atoms with E-state index in [1.165, 1.54) is 43.4 Å². The number of hydrogen-bond donors (Lipinski definition) is 4. The van der Waals surface area contributed by atoms with E-state index in [-0.39, 0.29) is 11.9 Å². The minimum absolute atomic E-state index is 0.00402. The van der Waals surface area contributed by atoms with E-state index in [1.807, 2.05) is 6.92 Å². The molecule has 0 radical (unpaired) electrons. The highest BCUT2D eigenvalue weighted by atomic mass is 16.4. The van der Waals surface area contributed by atoms with Crippen molar-refractivity contribution in [3.8, 4) is 0 Å². The van der Waals surface area contributed by atoms with Crippen LogP contribution in [0.1, 0.15) is 101 Å². The van der Waals surface area contributed by atoms with Crippen LogP contribution in [0, 0.1) is 0 Å². The fraction of sp³-hybridized carbons (Fsp3) is 0.630. The third kappa shape index (κ3) is 16.5. The summed E-state index contributed by atoms with van der Waals surface area (Å²) in [5.41, 5.74) is 10.9. The molecule has 36 heavy (non-hydrogen) atoms. The number of carboxylic acids is 2. The van der Waals surface area contributed by atoms with Gasteiger partial charge in [-0.2, -0.15) is 0 Å². The van der Waals surface area contributed by atoms with E-state index >= 15 is 0 Å². The maximum Gasteiger partial charge on any atom is 0.335 e. The Hall–Kier alpha value is -3.10. The molecule has 0 aliphatic carbocycles. The number of benzene rings is 1. The van der Waals surface area contributed by atoms with Crippen LogP contribution in [0.2, 0.25) is 0 Å². The largest absolute Gasteiger partial charge is 0.480 e. The van der Waals surface area contributed by atoms with Gasteiger partial charge in [-0.25, -0.2) is 9.59 Å². The number of rotatable bonds is 18. The first-order chi connectivity index (χ1) is 17.2. The molecule has 0 unspecified atom stereocenters. The number of unbranched alkanes of at least 4 members (excludes halogenated alkanes) is 8. The second kappa shape index (κ2) is 21.2. The van der Waals surface area contributed by atoms with E-state index < -0.39 is 18.0 Å². The lowest BCUT2D eigenvalue weighted by Gasteiger charge is -2.28. The number of guanidine groups is 1. The highest BCUT2D eigenvalue weighted by Gasteiger charge is 2.27. The van der Waals surface area contributed by atoms with Crippen molar-refractivity contribution < 1.29 is 24.6 Å². The molecule has 0 saturated carbocycles. The highest BCUT2D eigenvalue weighted by molar-refractivity contribution is 5.87. The van der Waals surface area contributed by atoms with Gasteiger partial charge < -0.3 is 26.6 Å². The van der Waals surface area contributed by atoms with Gasteiger partial charge in [-0.3, -0.25) is 9.79 Å². The van der Waals surface area contributed by atoms with Gasteiger partial charge in [0.05, 0.1) is 5.56 Å². The summed E-state index contributed by atoms with van der Waals surface area (Å²) in [7, 11) is 0. The molecule has 1 rings (SSSR count). The number of carboxylic acid groups (broad SMARTS) is 2. The van der Waals surface area contributed by atoms with Gasteiger partial charge in [-0.1, -0.05) is 76.5 Å². The van der Waals surface area contributed by atoms with Crippen LogP contribution in [0.4, 0.5) is 0 Å². The fourth-order valence-corrected chi connectivity index (χ4v) is 3.79. The van der Waals surface area contributed by atoms with Crippen molar-refractivity contribution in [1.29, 1.82) is 0 Å². The zero-order valence-corrected chi connectivity index (χ0v) is 22.0. The van der Waals surface area contributed by atoms with E-state index in [2.05, 4.69) is 11.9 Å². The number of nitrogens with zero attached hydrogens (tertiary/aromatic N) is 2. The van der Waals surface area contributed by atoms with Crippen LogP contribution in [-0.4, -0.2) is 58.0 Å². The first-order valence-corrected chi connectivity index (χ1v) is 13.1. The van der Waals surface area contributed by atoms with Crippen LogP contribution < -0.4 is 11.5 Å². The van der Waals surface area contributed by atoms with Crippen LogP contribution >= 0.6 is 0 Å². The number of nitrogens with two attached hydrogens (primary N) is 2. The number of carbonyl (C=O) groups is 3. The van der Waals surface area contributed by atoms with E-state index in [9.17, 15) is 19.5 Å². The van der Waals surface area contributed by atoms with Gasteiger partial charge in [-0.15, -0.1) is 0 Å². The summed E-state index contributed by atoms with van der Waals surface area (Å²) in [4.78, 5) is 39.6. The molecule has 0 aromatic heterocycles. The van der Waals surface area contributed by atoms with Gasteiger partial charge in [0.2, 0.25) is 5.91 Å². The molecule has 0 spiro atoms. The average molecular weight is 507 g/mol. The number of amides is 1. The molecular formula is C27H46N4O5. The molecule has 204 valence electrons. The summed E-state index contributed by atoms with van der Waals surface area (Å²) in [6, 6.07) is 7.49. The lowest BCUT2D eigenvalue weighted by atomic mass is 10.1. The molecule has 1 amide bonds. The topological polar surface area (TPSA) is 159 Å². The van der Waals surface area contributed by atoms with Crippen LogP contribution in [0.25, 0.3) is 0 Å². The van der Waals surface area contributed by atoms with Crippen molar-refractivity contribution in [2.24, 2.45) is 16.5 Å². The van der Waals surface area contributed by atoms with E-state index in [1.54, 1.807) is 30.3 Å². The molecule has 0 heterocycles. The third-order valence-electron chi connectivity index (χ3n) is 5.77. The van der Waals surface area contributed by atoms with Gasteiger partial charge in [0, 0.05) is 19.5 Å². The van der Waals surface area contributed by atoms with Gasteiger partial charge in [0.25, 0.3) is 0 Å². The Morgan fingerprint density at radius 1 is 0.861 bits per heavy atom. The van der Waals surface area contributed by atoms with Crippen molar-refractivity contribution in [2.45, 2.75) is 96.9 Å². The van der Waals surface area contributed by atoms with E-state index in [4.69, 9.17) is 16.6 Å². The normalized spacial score (nSPS) is 11.1. The molecule has 9 nitrogen and oxygen atoms in total. The summed E-state index contributed by atoms with van der Waals surface area (Å²) in [5.74, 6) is -1.93. The zero-order chi connectivity index (χ0) is 27.2. The average Bonchev–Trinajstić information content (AvgIpc) is 2.85.